The molecular weight excluding hydrogens is 296 g/mol. The number of benzene rings is 1. The zero-order valence-electron chi connectivity index (χ0n) is 12.5. The molecule has 0 atom stereocenters. The summed E-state index contributed by atoms with van der Waals surface area (Å²) >= 11 is 1.39. The van der Waals surface area contributed by atoms with Crippen molar-refractivity contribution in [3.63, 3.8) is 0 Å². The molecule has 0 saturated heterocycles. The second kappa shape index (κ2) is 6.48. The molecule has 0 bridgehead atoms. The molecule has 1 amide bonds. The number of rotatable bonds is 6. The third-order valence-electron chi connectivity index (χ3n) is 3.63. The molecule has 0 aliphatic heterocycles. The summed E-state index contributed by atoms with van der Waals surface area (Å²) in [7, 11) is 0. The summed E-state index contributed by atoms with van der Waals surface area (Å²) in [6.07, 6.45) is 2.64. The molecule has 0 unspecified atom stereocenters. The van der Waals surface area contributed by atoms with Crippen LogP contribution in [0.2, 0.25) is 0 Å². The minimum Gasteiger partial charge on any atom is -0.349 e. The van der Waals surface area contributed by atoms with Crippen molar-refractivity contribution in [2.45, 2.75) is 37.3 Å². The fourth-order valence-electron chi connectivity index (χ4n) is 2.16. The van der Waals surface area contributed by atoms with Crippen LogP contribution in [0.5, 0.6) is 0 Å². The Bertz CT molecular complexity index is 726. The Balaban J connectivity index is 1.92. The lowest BCUT2D eigenvalue weighted by Gasteiger charge is -2.09. The van der Waals surface area contributed by atoms with E-state index in [9.17, 15) is 9.59 Å². The lowest BCUT2D eigenvalue weighted by atomic mass is 10.1. The fraction of sp³-hybridized carbons (Fsp3) is 0.353. The normalized spacial score (nSPS) is 14.0. The van der Waals surface area contributed by atoms with E-state index in [1.54, 1.807) is 6.07 Å². The maximum Gasteiger partial charge on any atom is 0.252 e. The van der Waals surface area contributed by atoms with Crippen molar-refractivity contribution in [2.75, 3.05) is 5.75 Å². The van der Waals surface area contributed by atoms with Crippen LogP contribution in [0.4, 0.5) is 0 Å². The van der Waals surface area contributed by atoms with E-state index in [1.165, 1.54) is 11.8 Å². The van der Waals surface area contributed by atoms with Crippen LogP contribution >= 0.6 is 11.8 Å². The van der Waals surface area contributed by atoms with Gasteiger partial charge in [-0.2, -0.15) is 0 Å². The monoisotopic (exact) mass is 314 g/mol. The maximum atomic E-state index is 12.4. The molecule has 1 fully saturated rings. The quantitative estimate of drug-likeness (QED) is 0.832. The first-order valence-corrected chi connectivity index (χ1v) is 8.51. The molecule has 114 valence electrons. The molecule has 5 heteroatoms. The average molecular weight is 314 g/mol. The number of aromatic nitrogens is 1. The number of amides is 1. The highest BCUT2D eigenvalue weighted by atomic mass is 32.2. The zero-order chi connectivity index (χ0) is 15.5. The van der Waals surface area contributed by atoms with Crippen molar-refractivity contribution in [1.82, 2.24) is 10.3 Å². The smallest absolute Gasteiger partial charge is 0.252 e. The van der Waals surface area contributed by atoms with Crippen molar-refractivity contribution in [1.29, 1.82) is 0 Å². The van der Waals surface area contributed by atoms with E-state index in [-0.39, 0.29) is 11.7 Å². The van der Waals surface area contributed by atoms with Crippen LogP contribution in [-0.4, -0.2) is 28.5 Å². The van der Waals surface area contributed by atoms with E-state index in [2.05, 4.69) is 10.3 Å². The number of hydrogen-bond donors (Lipinski definition) is 1. The van der Waals surface area contributed by atoms with Crippen molar-refractivity contribution in [3.8, 4) is 0 Å². The first kappa shape index (κ1) is 15.0. The fourth-order valence-corrected chi connectivity index (χ4v) is 3.04. The Morgan fingerprint density at radius 2 is 2.09 bits per heavy atom. The number of ketones is 1. The van der Waals surface area contributed by atoms with Gasteiger partial charge in [0, 0.05) is 17.8 Å². The van der Waals surface area contributed by atoms with Crippen molar-refractivity contribution >= 4 is 34.4 Å². The minimum absolute atomic E-state index is 0.0511. The second-order valence-electron chi connectivity index (χ2n) is 5.45. The number of nitrogens with one attached hydrogen (secondary N) is 1. The number of thioether (sulfide) groups is 1. The van der Waals surface area contributed by atoms with Crippen LogP contribution in [0.15, 0.2) is 35.4 Å². The van der Waals surface area contributed by atoms with Gasteiger partial charge in [0.1, 0.15) is 5.78 Å². The highest BCUT2D eigenvalue weighted by molar-refractivity contribution is 7.99. The van der Waals surface area contributed by atoms with E-state index in [4.69, 9.17) is 0 Å². The van der Waals surface area contributed by atoms with Crippen LogP contribution in [0.3, 0.4) is 0 Å². The van der Waals surface area contributed by atoms with Crippen LogP contribution < -0.4 is 5.32 Å². The zero-order valence-corrected chi connectivity index (χ0v) is 13.3. The van der Waals surface area contributed by atoms with Gasteiger partial charge < -0.3 is 5.32 Å². The Labute approximate surface area is 133 Å². The molecule has 1 N–H and O–H groups in total. The van der Waals surface area contributed by atoms with Crippen LogP contribution in [-0.2, 0) is 4.79 Å². The molecule has 1 saturated carbocycles. The third kappa shape index (κ3) is 3.47. The summed E-state index contributed by atoms with van der Waals surface area (Å²) in [4.78, 5) is 28.5. The second-order valence-corrected chi connectivity index (χ2v) is 6.45. The number of Topliss-reactive ketones (excluding diaryl/α,β-unsaturated/α-hetero) is 1. The van der Waals surface area contributed by atoms with Gasteiger partial charge in [-0.15, -0.1) is 0 Å². The molecule has 1 aromatic heterocycles. The number of carbonyl (C=O) groups is 2. The Morgan fingerprint density at radius 3 is 2.82 bits per heavy atom. The molecule has 4 nitrogen and oxygen atoms in total. The van der Waals surface area contributed by atoms with Gasteiger partial charge in [0.05, 0.1) is 21.9 Å². The largest absolute Gasteiger partial charge is 0.349 e. The first-order chi connectivity index (χ1) is 10.7. The molecule has 1 aromatic carbocycles. The Kier molecular flexibility index (Phi) is 4.43. The van der Waals surface area contributed by atoms with E-state index in [1.807, 2.05) is 31.2 Å². The maximum absolute atomic E-state index is 12.4. The van der Waals surface area contributed by atoms with Gasteiger partial charge >= 0.3 is 0 Å². The standard InChI is InChI=1S/C17H18N2O2S/c1-2-12(20)10-22-16-9-14(17(21)18-11-7-8-11)13-5-3-4-6-15(13)19-16/h3-6,9,11H,2,7-8,10H2,1H3,(H,18,21). The third-order valence-corrected chi connectivity index (χ3v) is 4.60. The molecule has 3 rings (SSSR count). The molecule has 1 aliphatic carbocycles. The Morgan fingerprint density at radius 1 is 1.32 bits per heavy atom. The summed E-state index contributed by atoms with van der Waals surface area (Å²) in [5.74, 6) is 0.527. The van der Waals surface area contributed by atoms with E-state index in [0.29, 0.717) is 23.8 Å². The predicted octanol–water partition coefficient (Wildman–Crippen LogP) is 3.20. The molecule has 0 spiro atoms. The van der Waals surface area contributed by atoms with Crippen LogP contribution in [0.1, 0.15) is 36.5 Å². The number of para-hydroxylation sites is 1. The first-order valence-electron chi connectivity index (χ1n) is 7.52. The number of pyridine rings is 1. The summed E-state index contributed by atoms with van der Waals surface area (Å²) in [6.45, 7) is 1.85. The molecule has 1 heterocycles. The highest BCUT2D eigenvalue weighted by Gasteiger charge is 2.25. The van der Waals surface area contributed by atoms with Gasteiger partial charge in [-0.05, 0) is 25.0 Å². The molecular formula is C17H18N2O2S. The summed E-state index contributed by atoms with van der Waals surface area (Å²) in [5, 5.41) is 4.60. The van der Waals surface area contributed by atoms with Gasteiger partial charge in [-0.1, -0.05) is 36.9 Å². The minimum atomic E-state index is -0.0511. The topological polar surface area (TPSA) is 59.1 Å². The van der Waals surface area contributed by atoms with Crippen LogP contribution in [0, 0.1) is 0 Å². The van der Waals surface area contributed by atoms with Crippen molar-refractivity contribution in [2.24, 2.45) is 0 Å². The molecule has 2 aromatic rings. The lowest BCUT2D eigenvalue weighted by Crippen LogP contribution is -2.25. The van der Waals surface area contributed by atoms with Gasteiger partial charge in [-0.25, -0.2) is 4.98 Å². The SMILES string of the molecule is CCC(=O)CSc1cc(C(=O)NC2CC2)c2ccccc2n1. The summed E-state index contributed by atoms with van der Waals surface area (Å²) < 4.78 is 0. The van der Waals surface area contributed by atoms with E-state index in [0.717, 1.165) is 28.8 Å². The van der Waals surface area contributed by atoms with Crippen molar-refractivity contribution < 1.29 is 9.59 Å². The average Bonchev–Trinajstić information content (AvgIpc) is 3.35. The Hall–Kier alpha value is -1.88. The summed E-state index contributed by atoms with van der Waals surface area (Å²) in [6, 6.07) is 9.74. The van der Waals surface area contributed by atoms with Gasteiger partial charge in [0.2, 0.25) is 0 Å². The molecule has 1 aliphatic rings. The van der Waals surface area contributed by atoms with Gasteiger partial charge in [0.25, 0.3) is 5.91 Å². The summed E-state index contributed by atoms with van der Waals surface area (Å²) in [5.41, 5.74) is 1.43. The number of hydrogen-bond acceptors (Lipinski definition) is 4. The van der Waals surface area contributed by atoms with E-state index < -0.39 is 0 Å². The number of nitrogens with zero attached hydrogens (tertiary/aromatic N) is 1. The number of carbonyl (C=O) groups excluding carboxylic acids is 2. The predicted molar refractivity (Wildman–Crippen MR) is 88.3 cm³/mol. The van der Waals surface area contributed by atoms with Gasteiger partial charge in [-0.3, -0.25) is 9.59 Å². The highest BCUT2D eigenvalue weighted by Crippen LogP contribution is 2.26. The van der Waals surface area contributed by atoms with Gasteiger partial charge in [0.15, 0.2) is 0 Å². The molecule has 22 heavy (non-hydrogen) atoms. The van der Waals surface area contributed by atoms with Crippen molar-refractivity contribution in [3.05, 3.63) is 35.9 Å². The lowest BCUT2D eigenvalue weighted by molar-refractivity contribution is -0.116. The van der Waals surface area contributed by atoms with E-state index >= 15 is 0 Å². The van der Waals surface area contributed by atoms with Crippen LogP contribution in [0.25, 0.3) is 10.9 Å². The number of fused-ring (bicyclic) bond motifs is 1. The molecule has 0 radical (unpaired) electrons.